The van der Waals surface area contributed by atoms with Crippen molar-refractivity contribution in [2.24, 2.45) is 0 Å². The minimum atomic E-state index is 0.571. The molecule has 2 heterocycles. The van der Waals surface area contributed by atoms with Crippen LogP contribution in [0.15, 0.2) is 6.07 Å². The van der Waals surface area contributed by atoms with Gasteiger partial charge in [-0.25, -0.2) is 0 Å². The zero-order valence-electron chi connectivity index (χ0n) is 9.40. The summed E-state index contributed by atoms with van der Waals surface area (Å²) in [4.78, 5) is 4.72. The molecule has 5 nitrogen and oxygen atoms in total. The van der Waals surface area contributed by atoms with Crippen molar-refractivity contribution < 1.29 is 0 Å². The third-order valence-electron chi connectivity index (χ3n) is 3.06. The van der Waals surface area contributed by atoms with Gasteiger partial charge in [0.15, 0.2) is 0 Å². The van der Waals surface area contributed by atoms with Crippen LogP contribution in [0.1, 0.15) is 12.1 Å². The largest absolute Gasteiger partial charge is 0.382 e. The van der Waals surface area contributed by atoms with Crippen molar-refractivity contribution in [1.82, 2.24) is 20.0 Å². The summed E-state index contributed by atoms with van der Waals surface area (Å²) in [5, 5.41) is 6.87. The average molecular weight is 209 g/mol. The van der Waals surface area contributed by atoms with Gasteiger partial charge in [-0.2, -0.15) is 5.10 Å². The van der Waals surface area contributed by atoms with Gasteiger partial charge in [0.25, 0.3) is 0 Å². The molecule has 0 radical (unpaired) electrons. The summed E-state index contributed by atoms with van der Waals surface area (Å²) in [5.74, 6) is 0.571. The number of hydrogen-bond donors (Lipinski definition) is 2. The number of nitrogens with two attached hydrogens (primary N) is 1. The first-order chi connectivity index (χ1) is 7.15. The lowest BCUT2D eigenvalue weighted by molar-refractivity contribution is 0.231. The molecule has 0 aliphatic carbocycles. The maximum absolute atomic E-state index is 5.56. The molecule has 84 valence electrons. The highest BCUT2D eigenvalue weighted by Crippen LogP contribution is 2.14. The smallest absolute Gasteiger partial charge is 0.145 e. The molecular weight excluding hydrogens is 190 g/mol. The molecule has 1 saturated heterocycles. The van der Waals surface area contributed by atoms with E-state index >= 15 is 0 Å². The summed E-state index contributed by atoms with van der Waals surface area (Å²) < 4.78 is 0. The highest BCUT2D eigenvalue weighted by Gasteiger charge is 2.23. The molecule has 1 atom stereocenters. The molecule has 5 heteroatoms. The maximum Gasteiger partial charge on any atom is 0.145 e. The third kappa shape index (κ3) is 2.49. The second-order valence-corrected chi connectivity index (χ2v) is 4.44. The Morgan fingerprint density at radius 1 is 1.73 bits per heavy atom. The molecule has 1 aromatic heterocycles. The number of nitrogens with one attached hydrogen (secondary N) is 1. The molecule has 1 aliphatic rings. The fraction of sp³-hybridized carbons (Fsp3) is 0.700. The molecule has 0 bridgehead atoms. The van der Waals surface area contributed by atoms with Gasteiger partial charge in [-0.1, -0.05) is 0 Å². The summed E-state index contributed by atoms with van der Waals surface area (Å²) in [6, 6.07) is 2.55. The van der Waals surface area contributed by atoms with Gasteiger partial charge in [0.1, 0.15) is 5.82 Å². The van der Waals surface area contributed by atoms with E-state index in [-0.39, 0.29) is 0 Å². The van der Waals surface area contributed by atoms with Crippen LogP contribution in [-0.4, -0.2) is 53.2 Å². The number of anilines is 1. The third-order valence-corrected chi connectivity index (χ3v) is 3.06. The molecule has 1 aromatic rings. The van der Waals surface area contributed by atoms with E-state index in [0.717, 1.165) is 18.8 Å². The van der Waals surface area contributed by atoms with E-state index in [1.165, 1.54) is 13.0 Å². The van der Waals surface area contributed by atoms with E-state index in [9.17, 15) is 0 Å². The van der Waals surface area contributed by atoms with Crippen LogP contribution in [-0.2, 0) is 6.54 Å². The summed E-state index contributed by atoms with van der Waals surface area (Å²) in [7, 11) is 4.32. The van der Waals surface area contributed by atoms with Crippen LogP contribution >= 0.6 is 0 Å². The number of likely N-dealkylation sites (N-methyl/N-ethyl adjacent to an activating group) is 2. The first kappa shape index (κ1) is 10.4. The van der Waals surface area contributed by atoms with Gasteiger partial charge in [-0.3, -0.25) is 10.00 Å². The lowest BCUT2D eigenvalue weighted by Crippen LogP contribution is -2.33. The fourth-order valence-electron chi connectivity index (χ4n) is 2.13. The number of aromatic amines is 1. The second kappa shape index (κ2) is 4.20. The Labute approximate surface area is 90.2 Å². The number of nitrogens with zero attached hydrogens (tertiary/aromatic N) is 3. The number of H-pyrrole nitrogens is 1. The van der Waals surface area contributed by atoms with Crippen molar-refractivity contribution in [2.75, 3.05) is 32.9 Å². The van der Waals surface area contributed by atoms with Gasteiger partial charge >= 0.3 is 0 Å². The van der Waals surface area contributed by atoms with Crippen LogP contribution in [0.3, 0.4) is 0 Å². The number of rotatable bonds is 3. The van der Waals surface area contributed by atoms with Gasteiger partial charge in [0.05, 0.1) is 5.69 Å². The predicted molar refractivity (Wildman–Crippen MR) is 60.4 cm³/mol. The van der Waals surface area contributed by atoms with E-state index in [1.54, 1.807) is 0 Å². The zero-order chi connectivity index (χ0) is 10.8. The van der Waals surface area contributed by atoms with Crippen LogP contribution in [0.5, 0.6) is 0 Å². The molecule has 1 unspecified atom stereocenters. The molecule has 0 saturated carbocycles. The quantitative estimate of drug-likeness (QED) is 0.742. The van der Waals surface area contributed by atoms with Crippen molar-refractivity contribution in [1.29, 1.82) is 0 Å². The Hall–Kier alpha value is -1.07. The van der Waals surface area contributed by atoms with Gasteiger partial charge in [-0.05, 0) is 27.1 Å². The van der Waals surface area contributed by atoms with Crippen LogP contribution in [0.2, 0.25) is 0 Å². The summed E-state index contributed by atoms with van der Waals surface area (Å²) >= 11 is 0. The first-order valence-electron chi connectivity index (χ1n) is 5.33. The van der Waals surface area contributed by atoms with Crippen molar-refractivity contribution in [3.8, 4) is 0 Å². The van der Waals surface area contributed by atoms with Gasteiger partial charge < -0.3 is 10.6 Å². The lowest BCUT2D eigenvalue weighted by Gasteiger charge is -2.23. The monoisotopic (exact) mass is 209 g/mol. The van der Waals surface area contributed by atoms with E-state index in [0.29, 0.717) is 11.9 Å². The standard InChI is InChI=1S/C10H19N5/c1-14-4-3-9(7-14)15(2)6-8-5-10(11)13-12-8/h5,9H,3-4,6-7H2,1-2H3,(H3,11,12,13). The van der Waals surface area contributed by atoms with E-state index in [1.807, 2.05) is 6.07 Å². The van der Waals surface area contributed by atoms with Crippen LogP contribution < -0.4 is 5.73 Å². The van der Waals surface area contributed by atoms with Crippen molar-refractivity contribution in [2.45, 2.75) is 19.0 Å². The molecule has 3 N–H and O–H groups in total. The number of nitrogen functional groups attached to an aromatic ring is 1. The van der Waals surface area contributed by atoms with Crippen LogP contribution in [0.25, 0.3) is 0 Å². The average Bonchev–Trinajstić information content (AvgIpc) is 2.75. The number of likely N-dealkylation sites (tertiary alicyclic amines) is 1. The minimum absolute atomic E-state index is 0.571. The molecule has 0 aromatic carbocycles. The van der Waals surface area contributed by atoms with Crippen molar-refractivity contribution in [3.05, 3.63) is 11.8 Å². The maximum atomic E-state index is 5.56. The molecule has 0 spiro atoms. The van der Waals surface area contributed by atoms with Gasteiger partial charge in [-0.15, -0.1) is 0 Å². The normalized spacial score (nSPS) is 22.7. The van der Waals surface area contributed by atoms with Crippen LogP contribution in [0.4, 0.5) is 5.82 Å². The molecular formula is C10H19N5. The second-order valence-electron chi connectivity index (χ2n) is 4.44. The first-order valence-corrected chi connectivity index (χ1v) is 5.33. The molecule has 1 fully saturated rings. The highest BCUT2D eigenvalue weighted by atomic mass is 15.2. The Morgan fingerprint density at radius 2 is 2.53 bits per heavy atom. The minimum Gasteiger partial charge on any atom is -0.382 e. The molecule has 2 rings (SSSR count). The number of aromatic nitrogens is 2. The lowest BCUT2D eigenvalue weighted by atomic mass is 10.2. The number of hydrogen-bond acceptors (Lipinski definition) is 4. The van der Waals surface area contributed by atoms with Crippen molar-refractivity contribution in [3.63, 3.8) is 0 Å². The van der Waals surface area contributed by atoms with Gasteiger partial charge in [0, 0.05) is 25.2 Å². The molecule has 1 aliphatic heterocycles. The summed E-state index contributed by atoms with van der Waals surface area (Å²) in [6.45, 7) is 3.24. The van der Waals surface area contributed by atoms with E-state index in [2.05, 4.69) is 34.1 Å². The Morgan fingerprint density at radius 3 is 3.07 bits per heavy atom. The van der Waals surface area contributed by atoms with E-state index in [4.69, 9.17) is 5.73 Å². The summed E-state index contributed by atoms with van der Waals surface area (Å²) in [5.41, 5.74) is 6.65. The molecule has 15 heavy (non-hydrogen) atoms. The SMILES string of the molecule is CN1CCC(N(C)Cc2cc(N)n[nH]2)C1. The topological polar surface area (TPSA) is 61.2 Å². The van der Waals surface area contributed by atoms with Crippen LogP contribution in [0, 0.1) is 0 Å². The zero-order valence-corrected chi connectivity index (χ0v) is 9.40. The summed E-state index contributed by atoms with van der Waals surface area (Å²) in [6.07, 6.45) is 1.25. The Balaban J connectivity index is 1.89. The molecule has 0 amide bonds. The van der Waals surface area contributed by atoms with Gasteiger partial charge in [0.2, 0.25) is 0 Å². The fourth-order valence-corrected chi connectivity index (χ4v) is 2.13. The Kier molecular flexibility index (Phi) is 2.93. The Bertz CT molecular complexity index is 321. The van der Waals surface area contributed by atoms with E-state index < -0.39 is 0 Å². The highest BCUT2D eigenvalue weighted by molar-refractivity contribution is 5.28. The predicted octanol–water partition coefficient (Wildman–Crippen LogP) is 0.128. The van der Waals surface area contributed by atoms with Crippen molar-refractivity contribution >= 4 is 5.82 Å².